The molecule has 1 aliphatic rings. The lowest BCUT2D eigenvalue weighted by atomic mass is 9.99. The van der Waals surface area contributed by atoms with E-state index in [4.69, 9.17) is 4.42 Å². The van der Waals surface area contributed by atoms with Crippen LogP contribution in [0.4, 0.5) is 5.69 Å². The number of hydrogen-bond acceptors (Lipinski definition) is 6. The van der Waals surface area contributed by atoms with Crippen molar-refractivity contribution in [3.8, 4) is 0 Å². The van der Waals surface area contributed by atoms with Gasteiger partial charge in [0.1, 0.15) is 0 Å². The number of nitrogens with zero attached hydrogens (tertiary/aromatic N) is 3. The standard InChI is InChI=1S/C25H30N4O5/c1-18-6-4-12-27(16-18)17-20-8-3-2-7-19(20)15-26-24(30)9-5-13-28-22-11-10-21(29(32)33)14-23(22)34-25(28)31/h2-3,7-8,10-11,14,18H,4-6,9,12-13,15-17H2,1H3,(H,26,30). The third-order valence-corrected chi connectivity index (χ3v) is 6.38. The summed E-state index contributed by atoms with van der Waals surface area (Å²) in [6.07, 6.45) is 3.23. The Balaban J connectivity index is 1.30. The molecule has 2 aromatic carbocycles. The predicted molar refractivity (Wildman–Crippen MR) is 128 cm³/mol. The number of likely N-dealkylation sites (tertiary alicyclic amines) is 1. The van der Waals surface area contributed by atoms with Gasteiger partial charge in [-0.1, -0.05) is 31.2 Å². The van der Waals surface area contributed by atoms with Crippen molar-refractivity contribution in [2.24, 2.45) is 5.92 Å². The molecule has 34 heavy (non-hydrogen) atoms. The largest absolute Gasteiger partial charge is 0.419 e. The van der Waals surface area contributed by atoms with Gasteiger partial charge in [-0.05, 0) is 48.9 Å². The zero-order chi connectivity index (χ0) is 24.1. The van der Waals surface area contributed by atoms with Crippen molar-refractivity contribution >= 4 is 22.7 Å². The second-order valence-electron chi connectivity index (χ2n) is 9.06. The number of benzene rings is 2. The van der Waals surface area contributed by atoms with E-state index in [1.165, 1.54) is 41.2 Å². The number of nitrogens with one attached hydrogen (secondary N) is 1. The van der Waals surface area contributed by atoms with Crippen molar-refractivity contribution in [1.29, 1.82) is 0 Å². The number of oxazole rings is 1. The number of piperidine rings is 1. The number of nitro groups is 1. The van der Waals surface area contributed by atoms with Gasteiger partial charge in [0.15, 0.2) is 5.58 Å². The van der Waals surface area contributed by atoms with Gasteiger partial charge in [-0.2, -0.15) is 0 Å². The zero-order valence-corrected chi connectivity index (χ0v) is 19.4. The number of aromatic nitrogens is 1. The predicted octanol–water partition coefficient (Wildman–Crippen LogP) is 3.83. The van der Waals surface area contributed by atoms with Crippen molar-refractivity contribution < 1.29 is 14.1 Å². The van der Waals surface area contributed by atoms with Crippen LogP contribution >= 0.6 is 0 Å². The number of aryl methyl sites for hydroxylation is 1. The molecule has 1 fully saturated rings. The molecule has 0 saturated carbocycles. The molecular formula is C25H30N4O5. The molecule has 1 unspecified atom stereocenters. The number of carbonyl (C=O) groups excluding carboxylic acids is 1. The Hall–Kier alpha value is -3.46. The van der Waals surface area contributed by atoms with Crippen molar-refractivity contribution in [2.75, 3.05) is 13.1 Å². The van der Waals surface area contributed by atoms with Crippen LogP contribution < -0.4 is 11.1 Å². The average molecular weight is 467 g/mol. The SMILES string of the molecule is CC1CCCN(Cc2ccccc2CNC(=O)CCCn2c(=O)oc3cc([N+](=O)[O-])ccc32)C1. The van der Waals surface area contributed by atoms with Crippen LogP contribution in [-0.2, 0) is 24.4 Å². The van der Waals surface area contributed by atoms with Crippen LogP contribution in [0.15, 0.2) is 51.7 Å². The van der Waals surface area contributed by atoms with Crippen LogP contribution in [0.2, 0.25) is 0 Å². The van der Waals surface area contributed by atoms with Crippen LogP contribution in [0.1, 0.15) is 43.7 Å². The first kappa shape index (κ1) is 23.7. The molecule has 1 saturated heterocycles. The second kappa shape index (κ2) is 10.6. The number of rotatable bonds is 9. The zero-order valence-electron chi connectivity index (χ0n) is 19.4. The molecule has 0 radical (unpaired) electrons. The molecule has 0 bridgehead atoms. The Labute approximate surface area is 197 Å². The highest BCUT2D eigenvalue weighted by Gasteiger charge is 2.18. The van der Waals surface area contributed by atoms with Gasteiger partial charge in [0, 0.05) is 38.7 Å². The summed E-state index contributed by atoms with van der Waals surface area (Å²) in [5, 5.41) is 13.9. The fourth-order valence-corrected chi connectivity index (χ4v) is 4.62. The van der Waals surface area contributed by atoms with Gasteiger partial charge in [0.25, 0.3) is 5.69 Å². The smallest absolute Gasteiger partial charge is 0.407 e. The van der Waals surface area contributed by atoms with E-state index in [2.05, 4.69) is 29.3 Å². The quantitative estimate of drug-likeness (QED) is 0.379. The van der Waals surface area contributed by atoms with E-state index in [1.807, 2.05) is 12.1 Å². The van der Waals surface area contributed by atoms with E-state index in [9.17, 15) is 19.7 Å². The maximum Gasteiger partial charge on any atom is 0.419 e. The number of carbonyl (C=O) groups is 1. The minimum atomic E-state index is -0.586. The van der Waals surface area contributed by atoms with Crippen molar-refractivity contribution in [3.05, 3.63) is 74.3 Å². The molecule has 1 aliphatic heterocycles. The molecule has 2 heterocycles. The lowest BCUT2D eigenvalue weighted by molar-refractivity contribution is -0.384. The summed E-state index contributed by atoms with van der Waals surface area (Å²) < 4.78 is 6.54. The van der Waals surface area contributed by atoms with E-state index in [1.54, 1.807) is 0 Å². The highest BCUT2D eigenvalue weighted by molar-refractivity contribution is 5.76. The summed E-state index contributed by atoms with van der Waals surface area (Å²) >= 11 is 0. The molecule has 1 atom stereocenters. The van der Waals surface area contributed by atoms with Gasteiger partial charge in [0.2, 0.25) is 5.91 Å². The van der Waals surface area contributed by atoms with Crippen LogP contribution in [0, 0.1) is 16.0 Å². The first-order chi connectivity index (χ1) is 16.4. The molecule has 0 aliphatic carbocycles. The maximum absolute atomic E-state index is 12.4. The van der Waals surface area contributed by atoms with Crippen LogP contribution in [0.5, 0.6) is 0 Å². The van der Waals surface area contributed by atoms with Gasteiger partial charge < -0.3 is 9.73 Å². The summed E-state index contributed by atoms with van der Waals surface area (Å²) in [5.74, 6) is 0.0466. The van der Waals surface area contributed by atoms with Crippen LogP contribution in [0.3, 0.4) is 0 Å². The molecule has 1 N–H and O–H groups in total. The van der Waals surface area contributed by atoms with Gasteiger partial charge in [-0.25, -0.2) is 4.79 Å². The Morgan fingerprint density at radius 2 is 2.03 bits per heavy atom. The fourth-order valence-electron chi connectivity index (χ4n) is 4.62. The summed E-state index contributed by atoms with van der Waals surface area (Å²) in [5.41, 5.74) is 2.87. The summed E-state index contributed by atoms with van der Waals surface area (Å²) in [6, 6.07) is 12.3. The number of non-ortho nitro benzene ring substituents is 1. The number of fused-ring (bicyclic) bond motifs is 1. The summed E-state index contributed by atoms with van der Waals surface area (Å²) in [6.45, 7) is 6.17. The first-order valence-corrected chi connectivity index (χ1v) is 11.7. The molecule has 1 aromatic heterocycles. The monoisotopic (exact) mass is 466 g/mol. The number of hydrogen-bond donors (Lipinski definition) is 1. The normalized spacial score (nSPS) is 16.6. The van der Waals surface area contributed by atoms with Gasteiger partial charge in [0.05, 0.1) is 16.5 Å². The number of amides is 1. The molecule has 0 spiro atoms. The third kappa shape index (κ3) is 5.72. The Kier molecular flexibility index (Phi) is 7.42. The molecule has 9 nitrogen and oxygen atoms in total. The first-order valence-electron chi connectivity index (χ1n) is 11.7. The van der Waals surface area contributed by atoms with E-state index in [0.717, 1.165) is 31.1 Å². The molecule has 180 valence electrons. The Morgan fingerprint density at radius 1 is 1.24 bits per heavy atom. The summed E-state index contributed by atoms with van der Waals surface area (Å²) in [4.78, 5) is 37.5. The second-order valence-corrected chi connectivity index (χ2v) is 9.06. The van der Waals surface area contributed by atoms with Gasteiger partial charge in [-0.3, -0.25) is 24.4 Å². The lowest BCUT2D eigenvalue weighted by Crippen LogP contribution is -2.34. The third-order valence-electron chi connectivity index (χ3n) is 6.38. The minimum Gasteiger partial charge on any atom is -0.407 e. The fraction of sp³-hybridized carbons (Fsp3) is 0.440. The van der Waals surface area contributed by atoms with Crippen molar-refractivity contribution in [2.45, 2.75) is 52.2 Å². The van der Waals surface area contributed by atoms with Crippen molar-refractivity contribution in [3.63, 3.8) is 0 Å². The van der Waals surface area contributed by atoms with Gasteiger partial charge >= 0.3 is 5.76 Å². The van der Waals surface area contributed by atoms with Crippen LogP contribution in [0.25, 0.3) is 11.1 Å². The molecular weight excluding hydrogens is 436 g/mol. The molecule has 4 rings (SSSR count). The molecule has 9 heteroatoms. The topological polar surface area (TPSA) is 111 Å². The highest BCUT2D eigenvalue weighted by atomic mass is 16.6. The Bertz CT molecular complexity index is 1230. The van der Waals surface area contributed by atoms with E-state index < -0.39 is 10.7 Å². The average Bonchev–Trinajstić information content (AvgIpc) is 3.13. The van der Waals surface area contributed by atoms with E-state index in [0.29, 0.717) is 25.0 Å². The van der Waals surface area contributed by atoms with E-state index >= 15 is 0 Å². The lowest BCUT2D eigenvalue weighted by Gasteiger charge is -2.31. The molecule has 1 amide bonds. The van der Waals surface area contributed by atoms with E-state index in [-0.39, 0.29) is 23.6 Å². The summed E-state index contributed by atoms with van der Waals surface area (Å²) in [7, 11) is 0. The number of nitro benzene ring substituents is 1. The highest BCUT2D eigenvalue weighted by Crippen LogP contribution is 2.21. The minimum absolute atomic E-state index is 0.0853. The Morgan fingerprint density at radius 3 is 2.79 bits per heavy atom. The van der Waals surface area contributed by atoms with Gasteiger partial charge in [-0.15, -0.1) is 0 Å². The van der Waals surface area contributed by atoms with Crippen LogP contribution in [-0.4, -0.2) is 33.4 Å². The van der Waals surface area contributed by atoms with Crippen molar-refractivity contribution in [1.82, 2.24) is 14.8 Å². The molecule has 3 aromatic rings. The maximum atomic E-state index is 12.4.